The summed E-state index contributed by atoms with van der Waals surface area (Å²) < 4.78 is 0. The number of hydrogen-bond donors (Lipinski definition) is 3. The zero-order valence-electron chi connectivity index (χ0n) is 13.5. The Morgan fingerprint density at radius 2 is 2.05 bits per heavy atom. The first-order valence-corrected chi connectivity index (χ1v) is 7.23. The van der Waals surface area contributed by atoms with E-state index in [1.165, 1.54) is 0 Å². The number of likely N-dealkylation sites (N-methyl/N-ethyl adjacent to an activating group) is 1. The lowest BCUT2D eigenvalue weighted by molar-refractivity contribution is -0.119. The quantitative estimate of drug-likeness (QED) is 0.516. The zero-order chi connectivity index (χ0) is 16.0. The third kappa shape index (κ3) is 4.56. The van der Waals surface area contributed by atoms with E-state index in [1.54, 1.807) is 0 Å². The van der Waals surface area contributed by atoms with E-state index < -0.39 is 0 Å². The van der Waals surface area contributed by atoms with E-state index in [0.29, 0.717) is 24.0 Å². The minimum absolute atomic E-state index is 0.0225. The topological polar surface area (TPSA) is 96.2 Å². The molecule has 0 atom stereocenters. The molecule has 1 rings (SSSR count). The first-order valence-electron chi connectivity index (χ1n) is 7.23. The maximum Gasteiger partial charge on any atom is 0.239 e. The van der Waals surface area contributed by atoms with Crippen molar-refractivity contribution < 1.29 is 4.79 Å². The van der Waals surface area contributed by atoms with E-state index >= 15 is 0 Å². The summed E-state index contributed by atoms with van der Waals surface area (Å²) >= 11 is 0. The highest BCUT2D eigenvalue weighted by molar-refractivity contribution is 5.81. The Balaban J connectivity index is 2.99. The van der Waals surface area contributed by atoms with Crippen molar-refractivity contribution >= 4 is 17.5 Å². The third-order valence-electron chi connectivity index (χ3n) is 3.11. The van der Waals surface area contributed by atoms with E-state index in [0.717, 1.165) is 12.0 Å². The fourth-order valence-corrected chi connectivity index (χ4v) is 1.90. The molecule has 7 nitrogen and oxygen atoms in total. The molecule has 0 radical (unpaired) electrons. The lowest BCUT2D eigenvalue weighted by Crippen LogP contribution is -2.36. The summed E-state index contributed by atoms with van der Waals surface area (Å²) in [5, 5.41) is 2.85. The second kappa shape index (κ2) is 7.78. The Morgan fingerprint density at radius 1 is 1.38 bits per heavy atom. The van der Waals surface area contributed by atoms with E-state index in [2.05, 4.69) is 20.7 Å². The molecule has 21 heavy (non-hydrogen) atoms. The van der Waals surface area contributed by atoms with E-state index in [-0.39, 0.29) is 18.4 Å². The van der Waals surface area contributed by atoms with Crippen LogP contribution in [0.3, 0.4) is 0 Å². The molecule has 1 aromatic rings. The van der Waals surface area contributed by atoms with Crippen LogP contribution in [0.25, 0.3) is 0 Å². The van der Waals surface area contributed by atoms with Crippen LogP contribution in [0.15, 0.2) is 0 Å². The van der Waals surface area contributed by atoms with Gasteiger partial charge < -0.3 is 15.6 Å². The minimum Gasteiger partial charge on any atom is -0.355 e. The highest BCUT2D eigenvalue weighted by atomic mass is 16.2. The number of hydrogen-bond acceptors (Lipinski definition) is 6. The van der Waals surface area contributed by atoms with Crippen molar-refractivity contribution in [1.29, 1.82) is 0 Å². The molecular formula is C14H26N6O. The van der Waals surface area contributed by atoms with Gasteiger partial charge in [0.1, 0.15) is 17.5 Å². The van der Waals surface area contributed by atoms with Crippen molar-refractivity contribution in [2.24, 2.45) is 5.84 Å². The van der Waals surface area contributed by atoms with Crippen LogP contribution in [0.1, 0.15) is 44.5 Å². The van der Waals surface area contributed by atoms with Gasteiger partial charge in [0.2, 0.25) is 5.91 Å². The predicted octanol–water partition coefficient (Wildman–Crippen LogP) is 1.16. The first kappa shape index (κ1) is 17.2. The number of amides is 1. The van der Waals surface area contributed by atoms with Gasteiger partial charge in [-0.1, -0.05) is 20.8 Å². The summed E-state index contributed by atoms with van der Waals surface area (Å²) in [5.41, 5.74) is 3.42. The number of rotatable bonds is 7. The van der Waals surface area contributed by atoms with Crippen LogP contribution in [0.5, 0.6) is 0 Å². The number of carbonyl (C=O) groups excluding carboxylic acids is 1. The molecule has 0 fully saturated rings. The van der Waals surface area contributed by atoms with Crippen LogP contribution in [0, 0.1) is 6.92 Å². The first-order chi connectivity index (χ1) is 9.90. The largest absolute Gasteiger partial charge is 0.355 e. The van der Waals surface area contributed by atoms with Crippen LogP contribution in [-0.2, 0) is 4.79 Å². The van der Waals surface area contributed by atoms with E-state index in [4.69, 9.17) is 5.84 Å². The van der Waals surface area contributed by atoms with Gasteiger partial charge in [-0.2, -0.15) is 0 Å². The van der Waals surface area contributed by atoms with Gasteiger partial charge in [-0.15, -0.1) is 0 Å². The molecule has 0 aliphatic carbocycles. The summed E-state index contributed by atoms with van der Waals surface area (Å²) in [6.45, 7) is 8.87. The number of carbonyl (C=O) groups is 1. The van der Waals surface area contributed by atoms with Crippen molar-refractivity contribution in [3.8, 4) is 0 Å². The molecule has 0 saturated heterocycles. The summed E-state index contributed by atoms with van der Waals surface area (Å²) in [7, 11) is 1.84. The fraction of sp³-hybridized carbons (Fsp3) is 0.643. The number of nitrogens with one attached hydrogen (secondary N) is 2. The molecular weight excluding hydrogens is 268 g/mol. The van der Waals surface area contributed by atoms with Gasteiger partial charge in [-0.3, -0.25) is 4.79 Å². The number of nitrogens with zero attached hydrogens (tertiary/aromatic N) is 3. The smallest absolute Gasteiger partial charge is 0.239 e. The van der Waals surface area contributed by atoms with Gasteiger partial charge in [0.05, 0.1) is 6.54 Å². The number of hydrazine groups is 1. The van der Waals surface area contributed by atoms with Crippen LogP contribution in [0.2, 0.25) is 0 Å². The van der Waals surface area contributed by atoms with E-state index in [1.807, 2.05) is 39.6 Å². The fourth-order valence-electron chi connectivity index (χ4n) is 1.90. The molecule has 0 aromatic carbocycles. The van der Waals surface area contributed by atoms with Crippen molar-refractivity contribution in [3.05, 3.63) is 11.4 Å². The Bertz CT molecular complexity index is 489. The number of nitrogen functional groups attached to an aromatic ring is 1. The number of nitrogens with two attached hydrogens (primary N) is 1. The van der Waals surface area contributed by atoms with Gasteiger partial charge in [-0.05, 0) is 13.3 Å². The van der Waals surface area contributed by atoms with Crippen LogP contribution < -0.4 is 21.5 Å². The van der Waals surface area contributed by atoms with Crippen molar-refractivity contribution in [1.82, 2.24) is 15.3 Å². The van der Waals surface area contributed by atoms with Crippen LogP contribution in [0.4, 0.5) is 11.6 Å². The molecule has 0 unspecified atom stereocenters. The maximum atomic E-state index is 11.8. The monoisotopic (exact) mass is 294 g/mol. The van der Waals surface area contributed by atoms with Crippen LogP contribution >= 0.6 is 0 Å². The SMILES string of the molecule is CCCNC(=O)CN(C)c1nc(C(C)C)nc(NN)c1C. The van der Waals surface area contributed by atoms with Gasteiger partial charge in [-0.25, -0.2) is 15.8 Å². The molecule has 1 heterocycles. The molecule has 118 valence electrons. The highest BCUT2D eigenvalue weighted by Gasteiger charge is 2.17. The second-order valence-electron chi connectivity index (χ2n) is 5.38. The normalized spacial score (nSPS) is 10.6. The summed E-state index contributed by atoms with van der Waals surface area (Å²) in [6.07, 6.45) is 0.917. The summed E-state index contributed by atoms with van der Waals surface area (Å²) in [6, 6.07) is 0. The molecule has 1 aromatic heterocycles. The standard InChI is InChI=1S/C14H26N6O/c1-6-7-16-11(21)8-20(5)14-10(4)13(19-15)17-12(18-14)9(2)3/h9H,6-8,15H2,1-5H3,(H,16,21)(H,17,18,19). The molecule has 0 saturated carbocycles. The Kier molecular flexibility index (Phi) is 6.36. The molecule has 0 bridgehead atoms. The lowest BCUT2D eigenvalue weighted by Gasteiger charge is -2.22. The van der Waals surface area contributed by atoms with Gasteiger partial charge in [0.25, 0.3) is 0 Å². The number of aromatic nitrogens is 2. The number of anilines is 2. The average Bonchev–Trinajstić information content (AvgIpc) is 2.44. The second-order valence-corrected chi connectivity index (χ2v) is 5.38. The summed E-state index contributed by atoms with van der Waals surface area (Å²) in [5.74, 6) is 7.68. The van der Waals surface area contributed by atoms with Crippen LogP contribution in [-0.4, -0.2) is 36.0 Å². The Labute approximate surface area is 126 Å². The molecule has 1 amide bonds. The third-order valence-corrected chi connectivity index (χ3v) is 3.11. The molecule has 0 aliphatic heterocycles. The zero-order valence-corrected chi connectivity index (χ0v) is 13.5. The predicted molar refractivity (Wildman–Crippen MR) is 85.2 cm³/mol. The summed E-state index contributed by atoms with van der Waals surface area (Å²) in [4.78, 5) is 22.6. The van der Waals surface area contributed by atoms with E-state index in [9.17, 15) is 4.79 Å². The molecule has 4 N–H and O–H groups in total. The van der Waals surface area contributed by atoms with Crippen molar-refractivity contribution in [2.45, 2.75) is 40.0 Å². The molecule has 0 spiro atoms. The van der Waals surface area contributed by atoms with Gasteiger partial charge in [0.15, 0.2) is 0 Å². The highest BCUT2D eigenvalue weighted by Crippen LogP contribution is 2.24. The maximum absolute atomic E-state index is 11.8. The molecule has 7 heteroatoms. The van der Waals surface area contributed by atoms with Gasteiger partial charge in [0, 0.05) is 25.1 Å². The van der Waals surface area contributed by atoms with Crippen molar-refractivity contribution in [3.63, 3.8) is 0 Å². The molecule has 0 aliphatic rings. The average molecular weight is 294 g/mol. The Hall–Kier alpha value is -1.89. The van der Waals surface area contributed by atoms with Gasteiger partial charge >= 0.3 is 0 Å². The van der Waals surface area contributed by atoms with Crippen molar-refractivity contribution in [2.75, 3.05) is 30.5 Å². The minimum atomic E-state index is -0.0225. The Morgan fingerprint density at radius 3 is 2.57 bits per heavy atom. The lowest BCUT2D eigenvalue weighted by atomic mass is 10.2.